The molecule has 2 aromatic carbocycles. The van der Waals surface area contributed by atoms with Gasteiger partial charge >= 0.3 is 12.1 Å². The number of anilines is 1. The molecule has 7 nitrogen and oxygen atoms in total. The third-order valence-electron chi connectivity index (χ3n) is 4.39. The van der Waals surface area contributed by atoms with Gasteiger partial charge in [-0.05, 0) is 42.0 Å². The van der Waals surface area contributed by atoms with E-state index < -0.39 is 0 Å². The molecule has 9 heteroatoms. The third-order valence-corrected chi connectivity index (χ3v) is 5.13. The summed E-state index contributed by atoms with van der Waals surface area (Å²) in [4.78, 5) is 25.0. The summed E-state index contributed by atoms with van der Waals surface area (Å²) in [5.74, 6) is 0.948. The van der Waals surface area contributed by atoms with Crippen molar-refractivity contribution in [2.45, 2.75) is 6.61 Å². The summed E-state index contributed by atoms with van der Waals surface area (Å²) in [6, 6.07) is 11.9. The van der Waals surface area contributed by atoms with Gasteiger partial charge in [0.1, 0.15) is 12.4 Å². The molecule has 0 atom stereocenters. The molecule has 29 heavy (non-hydrogen) atoms. The molecule has 0 aliphatic carbocycles. The number of hydrogen-bond acceptors (Lipinski definition) is 4. The second-order valence-corrected chi connectivity index (χ2v) is 7.43. The zero-order valence-electron chi connectivity index (χ0n) is 15.8. The molecule has 2 aromatic rings. The molecule has 1 fully saturated rings. The van der Waals surface area contributed by atoms with Crippen molar-refractivity contribution in [3.63, 3.8) is 0 Å². The number of hydrogen-bond donors (Lipinski definition) is 2. The largest absolute Gasteiger partial charge is 0.493 e. The summed E-state index contributed by atoms with van der Waals surface area (Å²) in [5.41, 5.74) is 1.46. The van der Waals surface area contributed by atoms with Crippen molar-refractivity contribution in [2.24, 2.45) is 5.92 Å². The number of nitrogens with zero attached hydrogens (tertiary/aromatic N) is 1. The van der Waals surface area contributed by atoms with E-state index in [1.165, 1.54) is 0 Å². The van der Waals surface area contributed by atoms with E-state index in [4.69, 9.17) is 32.7 Å². The molecular formula is C20H21Cl2N3O4. The first-order valence-electron chi connectivity index (χ1n) is 9.02. The van der Waals surface area contributed by atoms with Crippen LogP contribution < -0.4 is 15.4 Å². The predicted molar refractivity (Wildman–Crippen MR) is 112 cm³/mol. The molecule has 0 unspecified atom stereocenters. The average molecular weight is 438 g/mol. The fraction of sp³-hybridized carbons (Fsp3) is 0.300. The van der Waals surface area contributed by atoms with Crippen LogP contribution in [0, 0.1) is 5.92 Å². The number of benzene rings is 2. The van der Waals surface area contributed by atoms with Gasteiger partial charge < -0.3 is 25.0 Å². The van der Waals surface area contributed by atoms with E-state index in [1.54, 1.807) is 54.4 Å². The van der Waals surface area contributed by atoms with Crippen molar-refractivity contribution in [3.05, 3.63) is 58.1 Å². The molecule has 1 saturated heterocycles. The van der Waals surface area contributed by atoms with Crippen LogP contribution in [0.2, 0.25) is 10.0 Å². The van der Waals surface area contributed by atoms with Crippen LogP contribution in [0.3, 0.4) is 0 Å². The Hall–Kier alpha value is -2.64. The first-order valence-corrected chi connectivity index (χ1v) is 9.77. The predicted octanol–water partition coefficient (Wildman–Crippen LogP) is 4.39. The number of halogens is 2. The van der Waals surface area contributed by atoms with Gasteiger partial charge in [-0.2, -0.15) is 0 Å². The normalized spacial score (nSPS) is 13.4. The quantitative estimate of drug-likeness (QED) is 0.701. The van der Waals surface area contributed by atoms with Gasteiger partial charge in [-0.3, -0.25) is 0 Å². The van der Waals surface area contributed by atoms with Crippen LogP contribution in [0.15, 0.2) is 42.5 Å². The number of carbonyl (C=O) groups excluding carboxylic acids is 2. The molecule has 0 radical (unpaired) electrons. The van der Waals surface area contributed by atoms with Gasteiger partial charge in [0.15, 0.2) is 0 Å². The molecule has 1 aliphatic heterocycles. The lowest BCUT2D eigenvalue weighted by Crippen LogP contribution is -2.52. The molecule has 154 valence electrons. The number of carbonyl (C=O) groups is 2. The van der Waals surface area contributed by atoms with Crippen LogP contribution in [0.5, 0.6) is 5.75 Å². The monoisotopic (exact) mass is 437 g/mol. The van der Waals surface area contributed by atoms with Gasteiger partial charge in [-0.1, -0.05) is 29.3 Å². The van der Waals surface area contributed by atoms with Crippen molar-refractivity contribution >= 4 is 41.0 Å². The highest BCUT2D eigenvalue weighted by Crippen LogP contribution is 2.24. The van der Waals surface area contributed by atoms with E-state index in [0.29, 0.717) is 41.2 Å². The van der Waals surface area contributed by atoms with Crippen LogP contribution in [0.1, 0.15) is 5.56 Å². The summed E-state index contributed by atoms with van der Waals surface area (Å²) in [5, 5.41) is 6.05. The summed E-state index contributed by atoms with van der Waals surface area (Å²) >= 11 is 11.8. The highest BCUT2D eigenvalue weighted by atomic mass is 35.5. The van der Waals surface area contributed by atoms with E-state index in [0.717, 1.165) is 5.56 Å². The van der Waals surface area contributed by atoms with Gasteiger partial charge in [0.05, 0.1) is 16.7 Å². The molecule has 0 saturated carbocycles. The topological polar surface area (TPSA) is 79.9 Å². The Balaban J connectivity index is 1.35. The van der Waals surface area contributed by atoms with Crippen LogP contribution in [0.4, 0.5) is 15.3 Å². The van der Waals surface area contributed by atoms with Crippen molar-refractivity contribution in [1.82, 2.24) is 10.2 Å². The first kappa shape index (κ1) is 21.1. The molecule has 2 N–H and O–H groups in total. The Kier molecular flexibility index (Phi) is 7.06. The molecular weight excluding hydrogens is 417 g/mol. The van der Waals surface area contributed by atoms with Crippen molar-refractivity contribution in [2.75, 3.05) is 32.1 Å². The second-order valence-electron chi connectivity index (χ2n) is 6.61. The van der Waals surface area contributed by atoms with E-state index >= 15 is 0 Å². The maximum Gasteiger partial charge on any atom is 0.410 e. The Morgan fingerprint density at radius 1 is 1.10 bits per heavy atom. The van der Waals surface area contributed by atoms with Crippen molar-refractivity contribution in [3.8, 4) is 5.75 Å². The fourth-order valence-electron chi connectivity index (χ4n) is 2.73. The standard InChI is InChI=1S/C20H21Cl2N3O4/c1-23-19(26)24-15-3-5-16(6-4-15)28-12-14-9-25(10-14)20(27)29-11-13-2-7-17(21)18(22)8-13/h2-8,14H,9-12H2,1H3,(H2,23,24,26). The molecule has 0 bridgehead atoms. The van der Waals surface area contributed by atoms with E-state index in [1.807, 2.05) is 0 Å². The summed E-state index contributed by atoms with van der Waals surface area (Å²) in [6.45, 7) is 1.80. The number of rotatable bonds is 6. The van der Waals surface area contributed by atoms with Crippen LogP contribution in [0.25, 0.3) is 0 Å². The van der Waals surface area contributed by atoms with Gasteiger partial charge in [-0.25, -0.2) is 9.59 Å². The van der Waals surface area contributed by atoms with E-state index in [9.17, 15) is 9.59 Å². The average Bonchev–Trinajstić information content (AvgIpc) is 2.68. The van der Waals surface area contributed by atoms with Gasteiger partial charge in [0, 0.05) is 31.7 Å². The Morgan fingerprint density at radius 2 is 1.83 bits per heavy atom. The molecule has 3 rings (SSSR count). The lowest BCUT2D eigenvalue weighted by Gasteiger charge is -2.37. The van der Waals surface area contributed by atoms with Crippen molar-refractivity contribution < 1.29 is 19.1 Å². The van der Waals surface area contributed by atoms with E-state index in [-0.39, 0.29) is 24.6 Å². The summed E-state index contributed by atoms with van der Waals surface area (Å²) in [7, 11) is 1.55. The number of nitrogens with one attached hydrogen (secondary N) is 2. The lowest BCUT2D eigenvalue weighted by atomic mass is 10.0. The molecule has 1 heterocycles. The number of ether oxygens (including phenoxy) is 2. The van der Waals surface area contributed by atoms with Gasteiger partial charge in [0.2, 0.25) is 0 Å². The molecule has 0 spiro atoms. The molecule has 0 aromatic heterocycles. The minimum absolute atomic E-state index is 0.143. The zero-order valence-corrected chi connectivity index (χ0v) is 17.3. The Morgan fingerprint density at radius 3 is 2.48 bits per heavy atom. The van der Waals surface area contributed by atoms with Crippen LogP contribution in [-0.2, 0) is 11.3 Å². The number of likely N-dealkylation sites (tertiary alicyclic amines) is 1. The SMILES string of the molecule is CNC(=O)Nc1ccc(OCC2CN(C(=O)OCc3ccc(Cl)c(Cl)c3)C2)cc1. The summed E-state index contributed by atoms with van der Waals surface area (Å²) in [6.07, 6.45) is -0.364. The zero-order chi connectivity index (χ0) is 20.8. The highest BCUT2D eigenvalue weighted by molar-refractivity contribution is 6.42. The smallest absolute Gasteiger partial charge is 0.410 e. The number of amides is 3. The van der Waals surface area contributed by atoms with E-state index in [2.05, 4.69) is 10.6 Å². The van der Waals surface area contributed by atoms with Crippen LogP contribution >= 0.6 is 23.2 Å². The Bertz CT molecular complexity index is 871. The second kappa shape index (κ2) is 9.71. The first-order chi connectivity index (χ1) is 13.9. The van der Waals surface area contributed by atoms with Gasteiger partial charge in [0.25, 0.3) is 0 Å². The minimum atomic E-state index is -0.364. The molecule has 3 amide bonds. The third kappa shape index (κ3) is 5.92. The summed E-state index contributed by atoms with van der Waals surface area (Å²) < 4.78 is 11.0. The minimum Gasteiger partial charge on any atom is -0.493 e. The number of urea groups is 1. The Labute approximate surface area is 178 Å². The van der Waals surface area contributed by atoms with Crippen LogP contribution in [-0.4, -0.2) is 43.8 Å². The fourth-order valence-corrected chi connectivity index (χ4v) is 3.05. The van der Waals surface area contributed by atoms with Gasteiger partial charge in [-0.15, -0.1) is 0 Å². The maximum atomic E-state index is 12.1. The molecule has 1 aliphatic rings. The highest BCUT2D eigenvalue weighted by Gasteiger charge is 2.32. The maximum absolute atomic E-state index is 12.1. The van der Waals surface area contributed by atoms with Crippen molar-refractivity contribution in [1.29, 1.82) is 0 Å². The lowest BCUT2D eigenvalue weighted by molar-refractivity contribution is 0.0342.